The second kappa shape index (κ2) is 4.69. The molecule has 0 spiro atoms. The van der Waals surface area contributed by atoms with Gasteiger partial charge in [0.2, 0.25) is 0 Å². The van der Waals surface area contributed by atoms with E-state index in [2.05, 4.69) is 6.92 Å². The Morgan fingerprint density at radius 2 is 2.12 bits per heavy atom. The molecule has 0 rings (SSSR count). The minimum atomic E-state index is 0.520. The van der Waals surface area contributed by atoms with Gasteiger partial charge in [-0.15, -0.1) is 0 Å². The molecule has 48 valence electrons. The quantitative estimate of drug-likeness (QED) is 0.559. The topological polar surface area (TPSA) is 20.2 Å². The first-order chi connectivity index (χ1) is 3.81. The Labute approximate surface area is 51.0 Å². The molecule has 0 bridgehead atoms. The zero-order chi connectivity index (χ0) is 6.41. The lowest BCUT2D eigenvalue weighted by Gasteiger charge is -1.90. The predicted octanol–water partition coefficient (Wildman–Crippen LogP) is 2.64. The van der Waals surface area contributed by atoms with Crippen LogP contribution in [0.4, 0.5) is 0 Å². The summed E-state index contributed by atoms with van der Waals surface area (Å²) in [6.07, 6.45) is 4.75. The highest BCUT2D eigenvalue weighted by atomic mass is 16.3. The van der Waals surface area contributed by atoms with Crippen molar-refractivity contribution in [2.75, 3.05) is 0 Å². The van der Waals surface area contributed by atoms with Crippen LogP contribution in [-0.4, -0.2) is 5.11 Å². The number of aliphatic hydroxyl groups is 1. The van der Waals surface area contributed by atoms with E-state index < -0.39 is 0 Å². The molecule has 1 nitrogen and oxygen atoms in total. The fraction of sp³-hybridized carbons (Fsp3) is 0.714. The monoisotopic (exact) mass is 114 g/mol. The molecule has 0 saturated heterocycles. The van der Waals surface area contributed by atoms with Crippen molar-refractivity contribution in [2.45, 2.75) is 33.1 Å². The zero-order valence-corrected chi connectivity index (χ0v) is 5.65. The highest BCUT2D eigenvalue weighted by Gasteiger charge is 1.82. The third-order valence-corrected chi connectivity index (χ3v) is 1.03. The molecule has 0 aromatic heterocycles. The van der Waals surface area contributed by atoms with E-state index in [1.165, 1.54) is 0 Å². The van der Waals surface area contributed by atoms with Gasteiger partial charge in [0.25, 0.3) is 0 Å². The Kier molecular flexibility index (Phi) is 4.42. The van der Waals surface area contributed by atoms with Crippen molar-refractivity contribution in [3.8, 4) is 0 Å². The van der Waals surface area contributed by atoms with Gasteiger partial charge in [0.1, 0.15) is 0 Å². The fourth-order valence-corrected chi connectivity index (χ4v) is 0.455. The molecule has 0 amide bonds. The molecule has 0 fully saturated rings. The molecule has 0 saturated carbocycles. The number of allylic oxidation sites excluding steroid dienone is 2. The number of rotatable bonds is 3. The first-order valence-electron chi connectivity index (χ1n) is 3.19. The van der Waals surface area contributed by atoms with Gasteiger partial charge < -0.3 is 5.11 Å². The van der Waals surface area contributed by atoms with E-state index in [0.29, 0.717) is 5.76 Å². The Balaban J connectivity index is 3.26. The van der Waals surface area contributed by atoms with Gasteiger partial charge in [0.15, 0.2) is 0 Å². The van der Waals surface area contributed by atoms with Gasteiger partial charge >= 0.3 is 0 Å². The Morgan fingerprint density at radius 1 is 1.50 bits per heavy atom. The van der Waals surface area contributed by atoms with E-state index in [9.17, 15) is 0 Å². The second-order valence-corrected chi connectivity index (χ2v) is 1.84. The van der Waals surface area contributed by atoms with Gasteiger partial charge in [-0.1, -0.05) is 20.3 Å². The van der Waals surface area contributed by atoms with E-state index in [-0.39, 0.29) is 0 Å². The summed E-state index contributed by atoms with van der Waals surface area (Å²) in [5.74, 6) is 0.520. The van der Waals surface area contributed by atoms with Crippen LogP contribution in [0.3, 0.4) is 0 Å². The minimum absolute atomic E-state index is 0.520. The maximum absolute atomic E-state index is 8.85. The third-order valence-electron chi connectivity index (χ3n) is 1.03. The number of hydrogen-bond acceptors (Lipinski definition) is 1. The zero-order valence-electron chi connectivity index (χ0n) is 5.65. The first-order valence-corrected chi connectivity index (χ1v) is 3.19. The molecule has 0 aromatic rings. The molecular formula is C7H14O. The van der Waals surface area contributed by atoms with Crippen molar-refractivity contribution < 1.29 is 5.11 Å². The molecule has 1 N–H and O–H groups in total. The molecule has 0 aliphatic carbocycles. The maximum atomic E-state index is 8.85. The molecule has 0 atom stereocenters. The van der Waals surface area contributed by atoms with E-state index in [4.69, 9.17) is 5.11 Å². The van der Waals surface area contributed by atoms with Gasteiger partial charge in [-0.25, -0.2) is 0 Å². The maximum Gasteiger partial charge on any atom is 0.0880 e. The van der Waals surface area contributed by atoms with Crippen LogP contribution in [0, 0.1) is 0 Å². The van der Waals surface area contributed by atoms with E-state index in [0.717, 1.165) is 19.3 Å². The molecule has 0 aromatic carbocycles. The number of aliphatic hydroxyl groups excluding tert-OH is 1. The molecular weight excluding hydrogens is 100 g/mol. The molecule has 0 unspecified atom stereocenters. The van der Waals surface area contributed by atoms with E-state index in [1.807, 2.05) is 13.0 Å². The lowest BCUT2D eigenvalue weighted by Crippen LogP contribution is -1.75. The summed E-state index contributed by atoms with van der Waals surface area (Å²) in [7, 11) is 0. The number of unbranched alkanes of at least 4 members (excludes halogenated alkanes) is 1. The highest BCUT2D eigenvalue weighted by Crippen LogP contribution is 1.97. The lowest BCUT2D eigenvalue weighted by molar-refractivity contribution is 0.391. The van der Waals surface area contributed by atoms with Crippen LogP contribution in [0.2, 0.25) is 0 Å². The smallest absolute Gasteiger partial charge is 0.0880 e. The summed E-state index contributed by atoms with van der Waals surface area (Å²) in [5.41, 5.74) is 0. The fourth-order valence-electron chi connectivity index (χ4n) is 0.455. The Morgan fingerprint density at radius 3 is 2.50 bits per heavy atom. The molecule has 1 heteroatoms. The SMILES string of the molecule is CCC/C=C(\O)CC. The normalized spacial score (nSPS) is 12.0. The van der Waals surface area contributed by atoms with E-state index in [1.54, 1.807) is 0 Å². The van der Waals surface area contributed by atoms with Crippen LogP contribution in [0.1, 0.15) is 33.1 Å². The summed E-state index contributed by atoms with van der Waals surface area (Å²) < 4.78 is 0. The Hall–Kier alpha value is -0.460. The molecule has 8 heavy (non-hydrogen) atoms. The second-order valence-electron chi connectivity index (χ2n) is 1.84. The van der Waals surface area contributed by atoms with Crippen molar-refractivity contribution >= 4 is 0 Å². The predicted molar refractivity (Wildman–Crippen MR) is 35.9 cm³/mol. The average Bonchev–Trinajstić information content (AvgIpc) is 1.83. The van der Waals surface area contributed by atoms with Crippen LogP contribution in [-0.2, 0) is 0 Å². The van der Waals surface area contributed by atoms with E-state index >= 15 is 0 Å². The van der Waals surface area contributed by atoms with Gasteiger partial charge in [-0.05, 0) is 12.5 Å². The van der Waals surface area contributed by atoms with Gasteiger partial charge in [-0.3, -0.25) is 0 Å². The summed E-state index contributed by atoms with van der Waals surface area (Å²) in [6, 6.07) is 0. The van der Waals surface area contributed by atoms with Crippen molar-refractivity contribution in [1.82, 2.24) is 0 Å². The number of hydrogen-bond donors (Lipinski definition) is 1. The Bertz CT molecular complexity index is 74.5. The van der Waals surface area contributed by atoms with Crippen LogP contribution in [0.5, 0.6) is 0 Å². The van der Waals surface area contributed by atoms with Crippen molar-refractivity contribution in [1.29, 1.82) is 0 Å². The highest BCUT2D eigenvalue weighted by molar-refractivity contribution is 4.88. The van der Waals surface area contributed by atoms with Gasteiger partial charge in [-0.2, -0.15) is 0 Å². The molecule has 0 heterocycles. The standard InChI is InChI=1S/C7H14O/c1-3-5-6-7(8)4-2/h6,8H,3-5H2,1-2H3/b7-6-. The summed E-state index contributed by atoms with van der Waals surface area (Å²) >= 11 is 0. The van der Waals surface area contributed by atoms with Crippen LogP contribution >= 0.6 is 0 Å². The van der Waals surface area contributed by atoms with Crippen molar-refractivity contribution in [3.05, 3.63) is 11.8 Å². The average molecular weight is 114 g/mol. The van der Waals surface area contributed by atoms with Crippen molar-refractivity contribution in [2.24, 2.45) is 0 Å². The first kappa shape index (κ1) is 7.54. The van der Waals surface area contributed by atoms with Crippen molar-refractivity contribution in [3.63, 3.8) is 0 Å². The van der Waals surface area contributed by atoms with Gasteiger partial charge in [0, 0.05) is 6.42 Å². The van der Waals surface area contributed by atoms with Crippen LogP contribution < -0.4 is 0 Å². The largest absolute Gasteiger partial charge is 0.513 e. The van der Waals surface area contributed by atoms with Crippen LogP contribution in [0.15, 0.2) is 11.8 Å². The molecule has 0 aliphatic heterocycles. The summed E-state index contributed by atoms with van der Waals surface area (Å²) in [5, 5.41) is 8.85. The van der Waals surface area contributed by atoms with Gasteiger partial charge in [0.05, 0.1) is 5.76 Å². The minimum Gasteiger partial charge on any atom is -0.513 e. The molecule has 0 radical (unpaired) electrons. The molecule has 0 aliphatic rings. The lowest BCUT2D eigenvalue weighted by atomic mass is 10.3. The summed E-state index contributed by atoms with van der Waals surface area (Å²) in [4.78, 5) is 0. The van der Waals surface area contributed by atoms with Crippen LogP contribution in [0.25, 0.3) is 0 Å². The third kappa shape index (κ3) is 3.72. The summed E-state index contributed by atoms with van der Waals surface area (Å²) in [6.45, 7) is 4.04.